The van der Waals surface area contributed by atoms with Gasteiger partial charge in [-0.05, 0) is 25.7 Å². The van der Waals surface area contributed by atoms with Crippen LogP contribution in [0.2, 0.25) is 0 Å². The Morgan fingerprint density at radius 3 is 2.27 bits per heavy atom. The second-order valence-corrected chi connectivity index (χ2v) is 5.47. The van der Waals surface area contributed by atoms with E-state index in [1.165, 1.54) is 0 Å². The Morgan fingerprint density at radius 2 is 1.59 bits per heavy atom. The van der Waals surface area contributed by atoms with Gasteiger partial charge in [-0.3, -0.25) is 9.59 Å². The zero-order valence-electron chi connectivity index (χ0n) is 13.7. The topological polar surface area (TPSA) is 74.6 Å². The maximum Gasteiger partial charge on any atom is 0.303 e. The number of aliphatic carboxylic acids is 1. The van der Waals surface area contributed by atoms with Gasteiger partial charge in [0.25, 0.3) is 0 Å². The van der Waals surface area contributed by atoms with E-state index in [2.05, 4.69) is 19.1 Å². The molecular weight excluding hydrogens is 280 g/mol. The van der Waals surface area contributed by atoms with Gasteiger partial charge in [-0.2, -0.15) is 0 Å². The van der Waals surface area contributed by atoms with Crippen LogP contribution in [0.15, 0.2) is 24.3 Å². The number of carbonyl (C=O) groups is 2. The summed E-state index contributed by atoms with van der Waals surface area (Å²) in [6.45, 7) is 2.08. The van der Waals surface area contributed by atoms with Crippen LogP contribution in [0.1, 0.15) is 71.1 Å². The van der Waals surface area contributed by atoms with E-state index in [1.54, 1.807) is 0 Å². The molecule has 0 unspecified atom stereocenters. The Hall–Kier alpha value is -1.42. The lowest BCUT2D eigenvalue weighted by atomic mass is 10.0. The molecule has 4 heteroatoms. The minimum absolute atomic E-state index is 0.124. The second-order valence-electron chi connectivity index (χ2n) is 5.47. The van der Waals surface area contributed by atoms with Gasteiger partial charge in [-0.1, -0.05) is 56.9 Å². The van der Waals surface area contributed by atoms with Crippen molar-refractivity contribution in [3.05, 3.63) is 24.3 Å². The highest BCUT2D eigenvalue weighted by Gasteiger charge is 2.12. The van der Waals surface area contributed by atoms with E-state index in [4.69, 9.17) is 5.11 Å². The molecule has 4 nitrogen and oxygen atoms in total. The van der Waals surface area contributed by atoms with Crippen LogP contribution in [0.3, 0.4) is 0 Å². The quantitative estimate of drug-likeness (QED) is 0.375. The lowest BCUT2D eigenvalue weighted by molar-refractivity contribution is -0.137. The first-order valence-electron chi connectivity index (χ1n) is 8.30. The predicted octanol–water partition coefficient (Wildman–Crippen LogP) is 4.03. The van der Waals surface area contributed by atoms with Crippen molar-refractivity contribution < 1.29 is 19.8 Å². The van der Waals surface area contributed by atoms with Crippen LogP contribution in [0.25, 0.3) is 0 Å². The molecule has 0 saturated heterocycles. The van der Waals surface area contributed by atoms with E-state index in [0.29, 0.717) is 19.3 Å². The molecule has 0 aliphatic heterocycles. The summed E-state index contributed by atoms with van der Waals surface area (Å²) in [6, 6.07) is 0. The van der Waals surface area contributed by atoms with Crippen LogP contribution in [-0.2, 0) is 9.59 Å². The van der Waals surface area contributed by atoms with Crippen molar-refractivity contribution in [1.82, 2.24) is 0 Å². The molecule has 0 fully saturated rings. The van der Waals surface area contributed by atoms with Crippen molar-refractivity contribution in [3.63, 3.8) is 0 Å². The minimum Gasteiger partial charge on any atom is -0.481 e. The van der Waals surface area contributed by atoms with Crippen molar-refractivity contribution >= 4 is 11.8 Å². The molecule has 0 saturated carbocycles. The van der Waals surface area contributed by atoms with Gasteiger partial charge in [0.1, 0.15) is 6.10 Å². The highest BCUT2D eigenvalue weighted by atomic mass is 16.4. The summed E-state index contributed by atoms with van der Waals surface area (Å²) < 4.78 is 0. The number of carbonyl (C=O) groups excluding carboxylic acids is 1. The van der Waals surface area contributed by atoms with Gasteiger partial charge in [0.15, 0.2) is 5.78 Å². The molecule has 0 bridgehead atoms. The summed E-state index contributed by atoms with van der Waals surface area (Å²) in [4.78, 5) is 22.0. The van der Waals surface area contributed by atoms with Gasteiger partial charge in [-0.25, -0.2) is 0 Å². The molecule has 0 heterocycles. The number of carboxylic acid groups (broad SMARTS) is 1. The number of Topliss-reactive ketones (excluding diaryl/α,β-unsaturated/α-hetero) is 1. The fourth-order valence-electron chi connectivity index (χ4n) is 2.08. The number of ketones is 1. The third kappa shape index (κ3) is 13.6. The zero-order chi connectivity index (χ0) is 16.6. The summed E-state index contributed by atoms with van der Waals surface area (Å²) >= 11 is 0. The second kappa shape index (κ2) is 14.5. The third-order valence-electron chi connectivity index (χ3n) is 3.40. The van der Waals surface area contributed by atoms with Crippen molar-refractivity contribution in [2.75, 3.05) is 0 Å². The molecule has 0 aromatic rings. The molecule has 126 valence electrons. The minimum atomic E-state index is -0.866. The van der Waals surface area contributed by atoms with Crippen molar-refractivity contribution in [1.29, 1.82) is 0 Å². The summed E-state index contributed by atoms with van der Waals surface area (Å²) in [6.07, 6.45) is 14.2. The lowest BCUT2D eigenvalue weighted by Crippen LogP contribution is -2.19. The maximum absolute atomic E-state index is 11.7. The molecule has 0 aromatic carbocycles. The van der Waals surface area contributed by atoms with Crippen LogP contribution in [0, 0.1) is 0 Å². The number of allylic oxidation sites excluding steroid dienone is 4. The van der Waals surface area contributed by atoms with E-state index < -0.39 is 12.1 Å². The lowest BCUT2D eigenvalue weighted by Gasteiger charge is -2.07. The van der Waals surface area contributed by atoms with Gasteiger partial charge >= 0.3 is 5.97 Å². The largest absolute Gasteiger partial charge is 0.481 e. The number of aliphatic hydroxyl groups excluding tert-OH is 1. The summed E-state index contributed by atoms with van der Waals surface area (Å²) in [5, 5.41) is 18.3. The molecule has 0 spiro atoms. The monoisotopic (exact) mass is 310 g/mol. The Labute approximate surface area is 133 Å². The first-order valence-corrected chi connectivity index (χ1v) is 8.30. The first-order chi connectivity index (χ1) is 10.6. The normalized spacial score (nSPS) is 13.0. The first kappa shape index (κ1) is 20.6. The fourth-order valence-corrected chi connectivity index (χ4v) is 2.08. The van der Waals surface area contributed by atoms with E-state index in [9.17, 15) is 14.7 Å². The number of rotatable bonds is 14. The molecule has 0 amide bonds. The van der Waals surface area contributed by atoms with Crippen LogP contribution in [0.4, 0.5) is 0 Å². The smallest absolute Gasteiger partial charge is 0.303 e. The van der Waals surface area contributed by atoms with Gasteiger partial charge in [0.05, 0.1) is 0 Å². The van der Waals surface area contributed by atoms with E-state index in [1.807, 2.05) is 12.2 Å². The highest BCUT2D eigenvalue weighted by Crippen LogP contribution is 2.10. The van der Waals surface area contributed by atoms with Crippen molar-refractivity contribution in [2.45, 2.75) is 77.2 Å². The SMILES string of the molecule is CC/C=C/C/C=C/CC(=O)[C@H](O)CCCCCCCC(=O)O. The molecule has 22 heavy (non-hydrogen) atoms. The molecule has 1 atom stereocenters. The predicted molar refractivity (Wildman–Crippen MR) is 88.8 cm³/mol. The molecule has 0 aromatic heterocycles. The van der Waals surface area contributed by atoms with Crippen LogP contribution in [0.5, 0.6) is 0 Å². The van der Waals surface area contributed by atoms with E-state index in [0.717, 1.165) is 38.5 Å². The van der Waals surface area contributed by atoms with Crippen LogP contribution in [-0.4, -0.2) is 28.1 Å². The zero-order valence-corrected chi connectivity index (χ0v) is 13.7. The molecule has 0 aliphatic rings. The number of aliphatic hydroxyl groups is 1. The van der Waals surface area contributed by atoms with Gasteiger partial charge in [0, 0.05) is 12.8 Å². The van der Waals surface area contributed by atoms with Crippen LogP contribution >= 0.6 is 0 Å². The number of hydrogen-bond acceptors (Lipinski definition) is 3. The van der Waals surface area contributed by atoms with Crippen molar-refractivity contribution in [2.24, 2.45) is 0 Å². The Bertz CT molecular complexity index is 358. The van der Waals surface area contributed by atoms with E-state index >= 15 is 0 Å². The molecule has 0 rings (SSSR count). The number of carboxylic acids is 1. The average Bonchev–Trinajstić information content (AvgIpc) is 2.49. The molecule has 0 aliphatic carbocycles. The van der Waals surface area contributed by atoms with Gasteiger partial charge in [0.2, 0.25) is 0 Å². The molecule has 0 radical (unpaired) electrons. The fraction of sp³-hybridized carbons (Fsp3) is 0.667. The third-order valence-corrected chi connectivity index (χ3v) is 3.40. The Morgan fingerprint density at radius 1 is 0.955 bits per heavy atom. The Kier molecular flexibility index (Phi) is 13.6. The molecular formula is C18H30O4. The number of unbranched alkanes of at least 4 members (excludes halogenated alkanes) is 4. The highest BCUT2D eigenvalue weighted by molar-refractivity contribution is 5.84. The maximum atomic E-state index is 11.7. The Balaban J connectivity index is 3.57. The van der Waals surface area contributed by atoms with Gasteiger partial charge in [-0.15, -0.1) is 0 Å². The van der Waals surface area contributed by atoms with Crippen LogP contribution < -0.4 is 0 Å². The summed E-state index contributed by atoms with van der Waals surface area (Å²) in [5.74, 6) is -0.874. The summed E-state index contributed by atoms with van der Waals surface area (Å²) in [5.41, 5.74) is 0. The van der Waals surface area contributed by atoms with Crippen molar-refractivity contribution in [3.8, 4) is 0 Å². The molecule has 2 N–H and O–H groups in total. The summed E-state index contributed by atoms with van der Waals surface area (Å²) in [7, 11) is 0. The number of hydrogen-bond donors (Lipinski definition) is 2. The average molecular weight is 310 g/mol. The standard InChI is InChI=1S/C18H30O4/c1-2-3-4-5-7-10-13-16(19)17(20)14-11-8-6-9-12-15-18(21)22/h3-4,7,10,17,20H,2,5-6,8-9,11-15H2,1H3,(H,21,22)/b4-3+,10-7+/t17-/m1/s1. The van der Waals surface area contributed by atoms with E-state index in [-0.39, 0.29) is 12.2 Å². The van der Waals surface area contributed by atoms with Gasteiger partial charge < -0.3 is 10.2 Å².